The second-order valence-electron chi connectivity index (χ2n) is 4.10. The Labute approximate surface area is 104 Å². The van der Waals surface area contributed by atoms with E-state index in [-0.39, 0.29) is 0 Å². The third-order valence-corrected chi connectivity index (χ3v) is 3.73. The third kappa shape index (κ3) is 2.13. The first-order valence-corrected chi connectivity index (χ1v) is 6.52. The lowest BCUT2D eigenvalue weighted by molar-refractivity contribution is 0.976. The van der Waals surface area contributed by atoms with Crippen molar-refractivity contribution in [3.63, 3.8) is 0 Å². The number of pyridine rings is 1. The molecule has 0 saturated heterocycles. The van der Waals surface area contributed by atoms with Crippen molar-refractivity contribution in [1.82, 2.24) is 4.98 Å². The summed E-state index contributed by atoms with van der Waals surface area (Å²) in [5.41, 5.74) is 1.10. The number of fused-ring (bicyclic) bond motifs is 1. The van der Waals surface area contributed by atoms with Crippen LogP contribution in [0.25, 0.3) is 10.8 Å². The Morgan fingerprint density at radius 3 is 3.12 bits per heavy atom. The molecule has 1 aromatic carbocycles. The molecule has 0 saturated carbocycles. The molecule has 0 aliphatic carbocycles. The molecule has 2 heterocycles. The average molecular weight is 243 g/mol. The molecule has 86 valence electrons. The predicted octanol–water partition coefficient (Wildman–Crippen LogP) is 3.14. The number of hydrogen-bond donors (Lipinski definition) is 1. The summed E-state index contributed by atoms with van der Waals surface area (Å²) in [6.45, 7) is 3.09. The molecule has 0 fully saturated rings. The minimum absolute atomic E-state index is 0.578. The van der Waals surface area contributed by atoms with E-state index >= 15 is 0 Å². The second-order valence-corrected chi connectivity index (χ2v) is 5.53. The molecule has 3 nitrogen and oxygen atoms in total. The van der Waals surface area contributed by atoms with Gasteiger partial charge in [0.1, 0.15) is 0 Å². The van der Waals surface area contributed by atoms with E-state index in [1.807, 2.05) is 24.5 Å². The van der Waals surface area contributed by atoms with Crippen molar-refractivity contribution < 1.29 is 0 Å². The zero-order valence-electron chi connectivity index (χ0n) is 9.55. The Balaban J connectivity index is 1.95. The molecular formula is C13H13N3S. The van der Waals surface area contributed by atoms with Crippen molar-refractivity contribution in [3.05, 3.63) is 36.7 Å². The number of amidine groups is 1. The zero-order chi connectivity index (χ0) is 11.7. The molecule has 17 heavy (non-hydrogen) atoms. The summed E-state index contributed by atoms with van der Waals surface area (Å²) in [5, 5.41) is 7.33. The highest BCUT2D eigenvalue weighted by Crippen LogP contribution is 2.26. The molecule has 1 N–H and O–H groups in total. The highest BCUT2D eigenvalue weighted by atomic mass is 32.2. The standard InChI is InChI=1S/C13H13N3S/c1-9-7-15-13(17-9)16-12-4-2-3-10-8-14-6-5-11(10)12/h2-6,8-9H,7H2,1H3,(H,15,16). The van der Waals surface area contributed by atoms with E-state index in [0.717, 1.165) is 22.8 Å². The Bertz CT molecular complexity index is 574. The molecule has 0 bridgehead atoms. The molecule has 1 aliphatic heterocycles. The number of thioether (sulfide) groups is 1. The Morgan fingerprint density at radius 1 is 1.35 bits per heavy atom. The van der Waals surface area contributed by atoms with Crippen LogP contribution in [0.4, 0.5) is 5.69 Å². The second kappa shape index (κ2) is 4.37. The number of aliphatic imine (C=N–C) groups is 1. The Hall–Kier alpha value is -1.55. The highest BCUT2D eigenvalue weighted by Gasteiger charge is 2.15. The molecule has 1 aromatic heterocycles. The van der Waals surface area contributed by atoms with Gasteiger partial charge in [0.15, 0.2) is 5.17 Å². The maximum atomic E-state index is 4.47. The lowest BCUT2D eigenvalue weighted by atomic mass is 10.1. The fourth-order valence-electron chi connectivity index (χ4n) is 1.89. The van der Waals surface area contributed by atoms with E-state index in [2.05, 4.69) is 34.3 Å². The summed E-state index contributed by atoms with van der Waals surface area (Å²) in [6, 6.07) is 8.21. The molecule has 1 aliphatic rings. The van der Waals surface area contributed by atoms with Gasteiger partial charge in [-0.1, -0.05) is 30.8 Å². The van der Waals surface area contributed by atoms with Crippen LogP contribution in [0.15, 0.2) is 41.7 Å². The van der Waals surface area contributed by atoms with Crippen LogP contribution in [-0.4, -0.2) is 21.9 Å². The fraction of sp³-hybridized carbons (Fsp3) is 0.231. The number of nitrogens with one attached hydrogen (secondary N) is 1. The first-order valence-electron chi connectivity index (χ1n) is 5.64. The van der Waals surface area contributed by atoms with Crippen molar-refractivity contribution in [3.8, 4) is 0 Å². The van der Waals surface area contributed by atoms with Gasteiger partial charge in [-0.2, -0.15) is 0 Å². The van der Waals surface area contributed by atoms with Gasteiger partial charge >= 0.3 is 0 Å². The summed E-state index contributed by atoms with van der Waals surface area (Å²) in [5.74, 6) is 0. The largest absolute Gasteiger partial charge is 0.334 e. The van der Waals surface area contributed by atoms with E-state index in [4.69, 9.17) is 0 Å². The average Bonchev–Trinajstić information content (AvgIpc) is 2.75. The summed E-state index contributed by atoms with van der Waals surface area (Å²) in [7, 11) is 0. The van der Waals surface area contributed by atoms with Crippen LogP contribution in [0.5, 0.6) is 0 Å². The maximum absolute atomic E-state index is 4.47. The highest BCUT2D eigenvalue weighted by molar-refractivity contribution is 8.15. The zero-order valence-corrected chi connectivity index (χ0v) is 10.4. The van der Waals surface area contributed by atoms with Gasteiger partial charge in [0, 0.05) is 34.1 Å². The summed E-state index contributed by atoms with van der Waals surface area (Å²) >= 11 is 1.79. The number of benzene rings is 1. The molecular weight excluding hydrogens is 230 g/mol. The first kappa shape index (κ1) is 10.6. The normalized spacial score (nSPS) is 19.4. The first-order chi connectivity index (χ1) is 8.33. The van der Waals surface area contributed by atoms with Crippen molar-refractivity contribution in [2.75, 3.05) is 11.9 Å². The van der Waals surface area contributed by atoms with Crippen LogP contribution in [0, 0.1) is 0 Å². The number of nitrogens with zero attached hydrogens (tertiary/aromatic N) is 2. The monoisotopic (exact) mass is 243 g/mol. The summed E-state index contributed by atoms with van der Waals surface area (Å²) in [4.78, 5) is 8.61. The maximum Gasteiger partial charge on any atom is 0.161 e. The van der Waals surface area contributed by atoms with Gasteiger partial charge in [-0.05, 0) is 12.1 Å². The molecule has 0 spiro atoms. The van der Waals surface area contributed by atoms with Crippen molar-refractivity contribution in [2.45, 2.75) is 12.2 Å². The van der Waals surface area contributed by atoms with Crippen LogP contribution in [0.3, 0.4) is 0 Å². The third-order valence-electron chi connectivity index (χ3n) is 2.73. The van der Waals surface area contributed by atoms with Gasteiger partial charge in [-0.15, -0.1) is 0 Å². The summed E-state index contributed by atoms with van der Waals surface area (Å²) < 4.78 is 0. The van der Waals surface area contributed by atoms with E-state index in [1.54, 1.807) is 11.8 Å². The molecule has 1 atom stereocenters. The van der Waals surface area contributed by atoms with Gasteiger partial charge in [0.2, 0.25) is 0 Å². The van der Waals surface area contributed by atoms with Crippen molar-refractivity contribution in [1.29, 1.82) is 0 Å². The lowest BCUT2D eigenvalue weighted by Gasteiger charge is -2.08. The van der Waals surface area contributed by atoms with Gasteiger partial charge in [-0.25, -0.2) is 0 Å². The van der Waals surface area contributed by atoms with Crippen LogP contribution in [0.1, 0.15) is 6.92 Å². The van der Waals surface area contributed by atoms with Crippen LogP contribution >= 0.6 is 11.8 Å². The number of hydrogen-bond acceptors (Lipinski definition) is 4. The van der Waals surface area contributed by atoms with E-state index in [9.17, 15) is 0 Å². The van der Waals surface area contributed by atoms with Crippen molar-refractivity contribution in [2.24, 2.45) is 4.99 Å². The Kier molecular flexibility index (Phi) is 2.73. The minimum Gasteiger partial charge on any atom is -0.334 e. The van der Waals surface area contributed by atoms with Gasteiger partial charge in [-0.3, -0.25) is 9.98 Å². The Morgan fingerprint density at radius 2 is 2.29 bits per heavy atom. The lowest BCUT2D eigenvalue weighted by Crippen LogP contribution is -2.06. The van der Waals surface area contributed by atoms with Gasteiger partial charge in [0.25, 0.3) is 0 Å². The minimum atomic E-state index is 0.578. The van der Waals surface area contributed by atoms with Gasteiger partial charge in [0.05, 0.1) is 6.54 Å². The fourth-order valence-corrected chi connectivity index (χ4v) is 2.74. The summed E-state index contributed by atoms with van der Waals surface area (Å²) in [6.07, 6.45) is 3.70. The van der Waals surface area contributed by atoms with Gasteiger partial charge < -0.3 is 5.32 Å². The van der Waals surface area contributed by atoms with E-state index in [0.29, 0.717) is 5.25 Å². The van der Waals surface area contributed by atoms with Crippen LogP contribution < -0.4 is 5.32 Å². The number of rotatable bonds is 1. The quantitative estimate of drug-likeness (QED) is 0.836. The van der Waals surface area contributed by atoms with Crippen LogP contribution in [-0.2, 0) is 0 Å². The topological polar surface area (TPSA) is 37.3 Å². The smallest absolute Gasteiger partial charge is 0.161 e. The molecule has 0 radical (unpaired) electrons. The molecule has 2 aromatic rings. The SMILES string of the molecule is CC1CN=C(Nc2cccc3cnccc23)S1. The number of anilines is 1. The van der Waals surface area contributed by atoms with Crippen LogP contribution in [0.2, 0.25) is 0 Å². The molecule has 4 heteroatoms. The van der Waals surface area contributed by atoms with E-state index in [1.165, 1.54) is 5.39 Å². The molecule has 0 amide bonds. The molecule has 1 unspecified atom stereocenters. The predicted molar refractivity (Wildman–Crippen MR) is 74.7 cm³/mol. The van der Waals surface area contributed by atoms with Crippen molar-refractivity contribution >= 4 is 33.4 Å². The number of aromatic nitrogens is 1. The van der Waals surface area contributed by atoms with E-state index < -0.39 is 0 Å². The molecule has 3 rings (SSSR count).